The second-order valence-electron chi connectivity index (χ2n) is 3.67. The van der Waals surface area contributed by atoms with Crippen LogP contribution in [0.2, 0.25) is 0 Å². The summed E-state index contributed by atoms with van der Waals surface area (Å²) in [7, 11) is 1.59. The molecule has 0 bridgehead atoms. The minimum Gasteiger partial charge on any atom is -0.501 e. The molecule has 2 unspecified atom stereocenters. The van der Waals surface area contributed by atoms with Gasteiger partial charge < -0.3 is 4.74 Å². The Bertz CT molecular complexity index is 338. The molecule has 0 saturated carbocycles. The van der Waals surface area contributed by atoms with E-state index in [9.17, 15) is 9.59 Å². The first-order valence-electron chi connectivity index (χ1n) is 4.71. The molecule has 3 nitrogen and oxygen atoms in total. The minimum absolute atomic E-state index is 0.0530. The molecule has 2 atom stereocenters. The van der Waals surface area contributed by atoms with Crippen LogP contribution in [0.15, 0.2) is 24.0 Å². The fourth-order valence-electron chi connectivity index (χ4n) is 2.06. The molecule has 0 N–H and O–H groups in total. The Morgan fingerprint density at radius 2 is 1.86 bits per heavy atom. The monoisotopic (exact) mass is 192 g/mol. The van der Waals surface area contributed by atoms with Gasteiger partial charge in [-0.05, 0) is 24.6 Å². The Hall–Kier alpha value is -1.38. The van der Waals surface area contributed by atoms with Crippen molar-refractivity contribution >= 4 is 11.6 Å². The number of hydrogen-bond acceptors (Lipinski definition) is 3. The molecule has 14 heavy (non-hydrogen) atoms. The van der Waals surface area contributed by atoms with E-state index in [-0.39, 0.29) is 23.4 Å². The molecule has 74 valence electrons. The SMILES string of the molecule is COC1=CCC2C(=O)C=CC(=O)C2C1. The third kappa shape index (κ3) is 1.39. The number of ether oxygens (including phenoxy) is 1. The number of carbonyl (C=O) groups is 2. The van der Waals surface area contributed by atoms with Gasteiger partial charge in [0.25, 0.3) is 0 Å². The topological polar surface area (TPSA) is 43.4 Å². The number of fused-ring (bicyclic) bond motifs is 1. The van der Waals surface area contributed by atoms with Crippen molar-refractivity contribution in [3.8, 4) is 0 Å². The average molecular weight is 192 g/mol. The molecule has 0 spiro atoms. The third-order valence-electron chi connectivity index (χ3n) is 2.91. The van der Waals surface area contributed by atoms with Crippen LogP contribution < -0.4 is 0 Å². The van der Waals surface area contributed by atoms with Crippen LogP contribution in [0.1, 0.15) is 12.8 Å². The zero-order valence-corrected chi connectivity index (χ0v) is 8.03. The van der Waals surface area contributed by atoms with Gasteiger partial charge in [-0.1, -0.05) is 0 Å². The van der Waals surface area contributed by atoms with Crippen LogP contribution >= 0.6 is 0 Å². The van der Waals surface area contributed by atoms with Crippen molar-refractivity contribution in [2.24, 2.45) is 11.8 Å². The maximum atomic E-state index is 11.5. The van der Waals surface area contributed by atoms with Gasteiger partial charge in [0.1, 0.15) is 0 Å². The first-order chi connectivity index (χ1) is 6.72. The molecule has 0 saturated heterocycles. The van der Waals surface area contributed by atoms with E-state index >= 15 is 0 Å². The Kier molecular flexibility index (Phi) is 2.23. The summed E-state index contributed by atoms with van der Waals surface area (Å²) in [4.78, 5) is 23.0. The molecule has 2 aliphatic carbocycles. The molecule has 0 aromatic heterocycles. The second kappa shape index (κ2) is 3.40. The minimum atomic E-state index is -0.188. The van der Waals surface area contributed by atoms with Crippen molar-refractivity contribution in [1.82, 2.24) is 0 Å². The van der Waals surface area contributed by atoms with Gasteiger partial charge in [0.15, 0.2) is 11.6 Å². The van der Waals surface area contributed by atoms with Crippen LogP contribution in [0.4, 0.5) is 0 Å². The lowest BCUT2D eigenvalue weighted by Crippen LogP contribution is -2.34. The molecule has 3 heteroatoms. The Morgan fingerprint density at radius 1 is 1.21 bits per heavy atom. The van der Waals surface area contributed by atoms with Crippen LogP contribution in [-0.4, -0.2) is 18.7 Å². The molecule has 0 fully saturated rings. The van der Waals surface area contributed by atoms with Gasteiger partial charge >= 0.3 is 0 Å². The quantitative estimate of drug-likeness (QED) is 0.628. The number of ketones is 2. The van der Waals surface area contributed by atoms with E-state index in [0.29, 0.717) is 12.8 Å². The average Bonchev–Trinajstić information content (AvgIpc) is 2.23. The van der Waals surface area contributed by atoms with Gasteiger partial charge in [-0.25, -0.2) is 0 Å². The summed E-state index contributed by atoms with van der Waals surface area (Å²) in [5, 5.41) is 0. The first kappa shape index (κ1) is 9.19. The summed E-state index contributed by atoms with van der Waals surface area (Å²) in [6.45, 7) is 0. The normalized spacial score (nSPS) is 31.1. The highest BCUT2D eigenvalue weighted by Crippen LogP contribution is 2.34. The number of carbonyl (C=O) groups excluding carboxylic acids is 2. The lowest BCUT2D eigenvalue weighted by molar-refractivity contribution is -0.129. The van der Waals surface area contributed by atoms with E-state index in [1.807, 2.05) is 6.08 Å². The van der Waals surface area contributed by atoms with E-state index in [1.54, 1.807) is 7.11 Å². The first-order valence-corrected chi connectivity index (χ1v) is 4.71. The summed E-state index contributed by atoms with van der Waals surface area (Å²) in [6.07, 6.45) is 5.89. The van der Waals surface area contributed by atoms with Crippen LogP contribution in [0, 0.1) is 11.8 Å². The lowest BCUT2D eigenvalue weighted by atomic mass is 9.74. The fraction of sp³-hybridized carbons (Fsp3) is 0.455. The molecule has 0 radical (unpaired) electrons. The summed E-state index contributed by atoms with van der Waals surface area (Å²) in [5.41, 5.74) is 0. The summed E-state index contributed by atoms with van der Waals surface area (Å²) in [5.74, 6) is 0.611. The van der Waals surface area contributed by atoms with Crippen molar-refractivity contribution in [3.63, 3.8) is 0 Å². The predicted octanol–water partition coefficient (Wildman–Crippen LogP) is 1.25. The summed E-state index contributed by atoms with van der Waals surface area (Å²) >= 11 is 0. The van der Waals surface area contributed by atoms with Crippen LogP contribution in [-0.2, 0) is 14.3 Å². The second-order valence-corrected chi connectivity index (χ2v) is 3.67. The Morgan fingerprint density at radius 3 is 2.50 bits per heavy atom. The third-order valence-corrected chi connectivity index (χ3v) is 2.91. The predicted molar refractivity (Wildman–Crippen MR) is 50.5 cm³/mol. The summed E-state index contributed by atoms with van der Waals surface area (Å²) < 4.78 is 5.10. The highest BCUT2D eigenvalue weighted by Gasteiger charge is 2.36. The number of methoxy groups -OCH3 is 1. The van der Waals surface area contributed by atoms with Crippen molar-refractivity contribution in [1.29, 1.82) is 0 Å². The van der Waals surface area contributed by atoms with E-state index in [0.717, 1.165) is 5.76 Å². The number of hydrogen-bond donors (Lipinski definition) is 0. The highest BCUT2D eigenvalue weighted by atomic mass is 16.5. The van der Waals surface area contributed by atoms with E-state index in [2.05, 4.69) is 0 Å². The van der Waals surface area contributed by atoms with E-state index < -0.39 is 0 Å². The van der Waals surface area contributed by atoms with Crippen LogP contribution in [0.25, 0.3) is 0 Å². The van der Waals surface area contributed by atoms with E-state index in [1.165, 1.54) is 12.2 Å². The van der Waals surface area contributed by atoms with Crippen molar-refractivity contribution in [2.45, 2.75) is 12.8 Å². The number of allylic oxidation sites excluding steroid dienone is 4. The Balaban J connectivity index is 2.26. The molecular weight excluding hydrogens is 180 g/mol. The van der Waals surface area contributed by atoms with Gasteiger partial charge in [-0.2, -0.15) is 0 Å². The van der Waals surface area contributed by atoms with Gasteiger partial charge in [0, 0.05) is 18.3 Å². The molecule has 0 heterocycles. The zero-order valence-electron chi connectivity index (χ0n) is 8.03. The standard InChI is InChI=1S/C11H12O3/c1-14-7-2-3-8-9(6-7)11(13)5-4-10(8)12/h2,4-5,8-9H,3,6H2,1H3. The molecule has 0 aromatic rings. The van der Waals surface area contributed by atoms with Gasteiger partial charge in [-0.15, -0.1) is 0 Å². The zero-order chi connectivity index (χ0) is 10.1. The maximum absolute atomic E-state index is 11.5. The van der Waals surface area contributed by atoms with Crippen LogP contribution in [0.5, 0.6) is 0 Å². The van der Waals surface area contributed by atoms with Gasteiger partial charge in [0.05, 0.1) is 12.9 Å². The van der Waals surface area contributed by atoms with Crippen LogP contribution in [0.3, 0.4) is 0 Å². The molecule has 0 amide bonds. The molecule has 0 aliphatic heterocycles. The van der Waals surface area contributed by atoms with E-state index in [4.69, 9.17) is 4.74 Å². The smallest absolute Gasteiger partial charge is 0.160 e. The fourth-order valence-corrected chi connectivity index (χ4v) is 2.06. The maximum Gasteiger partial charge on any atom is 0.160 e. The number of rotatable bonds is 1. The largest absolute Gasteiger partial charge is 0.501 e. The molecule has 2 rings (SSSR count). The van der Waals surface area contributed by atoms with Crippen molar-refractivity contribution < 1.29 is 14.3 Å². The lowest BCUT2D eigenvalue weighted by Gasteiger charge is -2.29. The van der Waals surface area contributed by atoms with Crippen molar-refractivity contribution in [3.05, 3.63) is 24.0 Å². The van der Waals surface area contributed by atoms with Gasteiger partial charge in [-0.3, -0.25) is 9.59 Å². The Labute approximate surface area is 82.4 Å². The summed E-state index contributed by atoms with van der Waals surface area (Å²) in [6, 6.07) is 0. The molecular formula is C11H12O3. The molecule has 2 aliphatic rings. The molecule has 0 aromatic carbocycles. The highest BCUT2D eigenvalue weighted by molar-refractivity contribution is 6.07. The van der Waals surface area contributed by atoms with Crippen molar-refractivity contribution in [2.75, 3.05) is 7.11 Å². The van der Waals surface area contributed by atoms with Gasteiger partial charge in [0.2, 0.25) is 0 Å².